The molecule has 2 aromatic rings. The van der Waals surface area contributed by atoms with E-state index in [1.807, 2.05) is 5.38 Å². The molecule has 0 unspecified atom stereocenters. The minimum Gasteiger partial charge on any atom is -0.345 e. The van der Waals surface area contributed by atoms with Gasteiger partial charge >= 0.3 is 0 Å². The Morgan fingerprint density at radius 2 is 2.58 bits per heavy atom. The van der Waals surface area contributed by atoms with E-state index in [0.717, 1.165) is 5.01 Å². The summed E-state index contributed by atoms with van der Waals surface area (Å²) >= 11 is 1.58. The molecule has 7 heteroatoms. The molecule has 2 N–H and O–H groups in total. The normalized spacial score (nSPS) is 10.0. The predicted molar refractivity (Wildman–Crippen MR) is 43.6 cm³/mol. The zero-order valence-electron chi connectivity index (χ0n) is 6.06. The van der Waals surface area contributed by atoms with Gasteiger partial charge in [-0.15, -0.1) is 16.4 Å². The molecule has 0 aromatic carbocycles. The second kappa shape index (κ2) is 3.26. The molecular weight excluding hydrogens is 176 g/mol. The molecule has 0 aliphatic rings. The van der Waals surface area contributed by atoms with Gasteiger partial charge in [-0.3, -0.25) is 0 Å². The van der Waals surface area contributed by atoms with Gasteiger partial charge in [0.15, 0.2) is 0 Å². The summed E-state index contributed by atoms with van der Waals surface area (Å²) in [5, 5.41) is 19.1. The van der Waals surface area contributed by atoms with Crippen molar-refractivity contribution in [2.75, 3.05) is 5.32 Å². The van der Waals surface area contributed by atoms with E-state index in [4.69, 9.17) is 0 Å². The number of aromatic nitrogens is 5. The Kier molecular flexibility index (Phi) is 1.95. The fourth-order valence-electron chi connectivity index (χ4n) is 0.732. The van der Waals surface area contributed by atoms with E-state index in [-0.39, 0.29) is 0 Å². The molecule has 0 radical (unpaired) electrons. The summed E-state index contributed by atoms with van der Waals surface area (Å²) in [6.45, 7) is 0.636. The summed E-state index contributed by atoms with van der Waals surface area (Å²) < 4.78 is 0. The van der Waals surface area contributed by atoms with E-state index in [1.54, 1.807) is 17.5 Å². The lowest BCUT2D eigenvalue weighted by Gasteiger charge is -1.94. The number of nitrogens with zero attached hydrogens (tertiary/aromatic N) is 4. The molecule has 0 fully saturated rings. The standard InChI is InChI=1S/C5H6N6S/c1-2-12-4(6-1)3-7-5-8-10-11-9-5/h1-2H,3H2,(H2,7,8,9,10,11). The van der Waals surface area contributed by atoms with Gasteiger partial charge in [0.05, 0.1) is 6.54 Å². The van der Waals surface area contributed by atoms with Crippen LogP contribution in [0.25, 0.3) is 0 Å². The first-order chi connectivity index (χ1) is 5.95. The van der Waals surface area contributed by atoms with Crippen LogP contribution < -0.4 is 5.32 Å². The molecular formula is C5H6N6S. The summed E-state index contributed by atoms with van der Waals surface area (Å²) in [4.78, 5) is 4.09. The van der Waals surface area contributed by atoms with Crippen molar-refractivity contribution in [1.29, 1.82) is 0 Å². The topological polar surface area (TPSA) is 79.4 Å². The Morgan fingerprint density at radius 1 is 1.58 bits per heavy atom. The quantitative estimate of drug-likeness (QED) is 0.712. The highest BCUT2D eigenvalue weighted by atomic mass is 32.1. The third-order valence-corrected chi connectivity index (χ3v) is 2.01. The summed E-state index contributed by atoms with van der Waals surface area (Å²) in [5.74, 6) is 0.491. The Morgan fingerprint density at radius 3 is 3.25 bits per heavy atom. The number of nitrogens with one attached hydrogen (secondary N) is 2. The van der Waals surface area contributed by atoms with Crippen molar-refractivity contribution in [2.45, 2.75) is 6.54 Å². The fourth-order valence-corrected chi connectivity index (χ4v) is 1.29. The molecule has 0 bridgehead atoms. The van der Waals surface area contributed by atoms with E-state index in [9.17, 15) is 0 Å². The van der Waals surface area contributed by atoms with Crippen LogP contribution in [0.2, 0.25) is 0 Å². The monoisotopic (exact) mass is 182 g/mol. The highest BCUT2D eigenvalue weighted by molar-refractivity contribution is 7.09. The van der Waals surface area contributed by atoms with Crippen LogP contribution in [0.3, 0.4) is 0 Å². The molecule has 0 aliphatic carbocycles. The van der Waals surface area contributed by atoms with Crippen LogP contribution in [-0.4, -0.2) is 25.6 Å². The van der Waals surface area contributed by atoms with Crippen molar-refractivity contribution >= 4 is 17.3 Å². The number of hydrogen-bond acceptors (Lipinski definition) is 6. The third kappa shape index (κ3) is 1.56. The number of rotatable bonds is 3. The van der Waals surface area contributed by atoms with Crippen molar-refractivity contribution in [3.8, 4) is 0 Å². The Bertz CT molecular complexity index is 279. The number of hydrogen-bond donors (Lipinski definition) is 2. The van der Waals surface area contributed by atoms with E-state index < -0.39 is 0 Å². The molecule has 62 valence electrons. The fraction of sp³-hybridized carbons (Fsp3) is 0.200. The van der Waals surface area contributed by atoms with Gasteiger partial charge in [0.2, 0.25) is 0 Å². The van der Waals surface area contributed by atoms with Gasteiger partial charge in [0.1, 0.15) is 5.01 Å². The molecule has 2 heterocycles. The van der Waals surface area contributed by atoms with E-state index in [2.05, 4.69) is 30.9 Å². The number of anilines is 1. The van der Waals surface area contributed by atoms with E-state index in [1.165, 1.54) is 0 Å². The molecule has 0 aliphatic heterocycles. The second-order valence-electron chi connectivity index (χ2n) is 2.01. The molecule has 0 amide bonds. The van der Waals surface area contributed by atoms with E-state index >= 15 is 0 Å². The molecule has 0 saturated heterocycles. The molecule has 0 spiro atoms. The average Bonchev–Trinajstić information content (AvgIpc) is 2.74. The Hall–Kier alpha value is -1.50. The number of tetrazole rings is 1. The van der Waals surface area contributed by atoms with Gasteiger partial charge in [-0.05, 0) is 5.21 Å². The van der Waals surface area contributed by atoms with Crippen molar-refractivity contribution in [1.82, 2.24) is 25.6 Å². The van der Waals surface area contributed by atoms with Gasteiger partial charge in [-0.2, -0.15) is 5.21 Å². The van der Waals surface area contributed by atoms with Crippen LogP contribution in [-0.2, 0) is 6.54 Å². The van der Waals surface area contributed by atoms with Crippen LogP contribution in [0, 0.1) is 0 Å². The molecule has 2 aromatic heterocycles. The summed E-state index contributed by atoms with van der Waals surface area (Å²) in [7, 11) is 0. The minimum atomic E-state index is 0.491. The molecule has 6 nitrogen and oxygen atoms in total. The highest BCUT2D eigenvalue weighted by Crippen LogP contribution is 2.05. The van der Waals surface area contributed by atoms with Crippen LogP contribution >= 0.6 is 11.3 Å². The third-order valence-electron chi connectivity index (χ3n) is 1.23. The van der Waals surface area contributed by atoms with Gasteiger partial charge in [-0.1, -0.05) is 5.10 Å². The van der Waals surface area contributed by atoms with Crippen molar-refractivity contribution in [3.63, 3.8) is 0 Å². The zero-order chi connectivity index (χ0) is 8.23. The first kappa shape index (κ1) is 7.17. The van der Waals surface area contributed by atoms with Gasteiger partial charge in [-0.25, -0.2) is 4.98 Å². The Balaban J connectivity index is 1.91. The summed E-state index contributed by atoms with van der Waals surface area (Å²) in [5.41, 5.74) is 0. The predicted octanol–water partition coefficient (Wildman–Crippen LogP) is 0.268. The van der Waals surface area contributed by atoms with Crippen LogP contribution in [0.4, 0.5) is 5.95 Å². The summed E-state index contributed by atoms with van der Waals surface area (Å²) in [6.07, 6.45) is 1.76. The second-order valence-corrected chi connectivity index (χ2v) is 2.99. The largest absolute Gasteiger partial charge is 0.345 e. The number of thiazole rings is 1. The minimum absolute atomic E-state index is 0.491. The van der Waals surface area contributed by atoms with Crippen LogP contribution in [0.5, 0.6) is 0 Å². The summed E-state index contributed by atoms with van der Waals surface area (Å²) in [6, 6.07) is 0. The zero-order valence-corrected chi connectivity index (χ0v) is 6.88. The number of aromatic amines is 1. The highest BCUT2D eigenvalue weighted by Gasteiger charge is 1.97. The maximum atomic E-state index is 4.09. The van der Waals surface area contributed by atoms with Gasteiger partial charge in [0.25, 0.3) is 5.95 Å². The number of H-pyrrole nitrogens is 1. The molecule has 12 heavy (non-hydrogen) atoms. The first-order valence-electron chi connectivity index (χ1n) is 3.31. The van der Waals surface area contributed by atoms with Crippen LogP contribution in [0.15, 0.2) is 11.6 Å². The lowest BCUT2D eigenvalue weighted by Crippen LogP contribution is -2.00. The molecule has 2 rings (SSSR count). The van der Waals surface area contributed by atoms with Crippen LogP contribution in [0.1, 0.15) is 5.01 Å². The first-order valence-corrected chi connectivity index (χ1v) is 4.19. The van der Waals surface area contributed by atoms with E-state index in [0.29, 0.717) is 12.5 Å². The van der Waals surface area contributed by atoms with Crippen molar-refractivity contribution < 1.29 is 0 Å². The van der Waals surface area contributed by atoms with Gasteiger partial charge in [0, 0.05) is 11.6 Å². The van der Waals surface area contributed by atoms with Crippen molar-refractivity contribution in [2.24, 2.45) is 0 Å². The Labute approximate surface area is 72.0 Å². The lowest BCUT2D eigenvalue weighted by molar-refractivity contribution is 0.881. The molecule has 0 atom stereocenters. The van der Waals surface area contributed by atoms with Crippen molar-refractivity contribution in [3.05, 3.63) is 16.6 Å². The molecule has 0 saturated carbocycles. The maximum Gasteiger partial charge on any atom is 0.263 e. The SMILES string of the molecule is c1csc(CNc2nn[nH]n2)n1. The smallest absolute Gasteiger partial charge is 0.263 e. The lowest BCUT2D eigenvalue weighted by atomic mass is 10.7. The maximum absolute atomic E-state index is 4.09. The average molecular weight is 182 g/mol. The van der Waals surface area contributed by atoms with Gasteiger partial charge < -0.3 is 5.32 Å².